The van der Waals surface area contributed by atoms with Gasteiger partial charge in [0.05, 0.1) is 6.42 Å². The number of fused-ring (bicyclic) bond motifs is 1. The number of nitrogens with one attached hydrogen (secondary N) is 3. The van der Waals surface area contributed by atoms with E-state index in [2.05, 4.69) is 29.5 Å². The van der Waals surface area contributed by atoms with Crippen molar-refractivity contribution in [2.75, 3.05) is 5.32 Å². The molecule has 3 aromatic carbocycles. The molecular formula is C27H27N3O2. The van der Waals surface area contributed by atoms with Gasteiger partial charge in [-0.2, -0.15) is 0 Å². The fourth-order valence-electron chi connectivity index (χ4n) is 3.77. The molecule has 162 valence electrons. The van der Waals surface area contributed by atoms with E-state index in [4.69, 9.17) is 0 Å². The highest BCUT2D eigenvalue weighted by Gasteiger charge is 2.23. The molecular weight excluding hydrogens is 398 g/mol. The highest BCUT2D eigenvalue weighted by Crippen LogP contribution is 2.21. The number of benzene rings is 3. The van der Waals surface area contributed by atoms with Gasteiger partial charge in [0.25, 0.3) is 5.91 Å². The lowest BCUT2D eigenvalue weighted by molar-refractivity contribution is -0.126. The number of H-pyrrole nitrogens is 1. The molecule has 32 heavy (non-hydrogen) atoms. The smallest absolute Gasteiger partial charge is 0.251 e. The van der Waals surface area contributed by atoms with Gasteiger partial charge in [0.2, 0.25) is 5.91 Å². The maximum Gasteiger partial charge on any atom is 0.251 e. The summed E-state index contributed by atoms with van der Waals surface area (Å²) in [6, 6.07) is 24.2. The Balaban J connectivity index is 1.51. The number of aromatic nitrogens is 1. The van der Waals surface area contributed by atoms with Crippen LogP contribution in [0.25, 0.3) is 10.9 Å². The van der Waals surface area contributed by atoms with Crippen molar-refractivity contribution in [3.05, 3.63) is 102 Å². The van der Waals surface area contributed by atoms with Crippen molar-refractivity contribution < 1.29 is 9.59 Å². The highest BCUT2D eigenvalue weighted by atomic mass is 16.2. The second kappa shape index (κ2) is 9.52. The Morgan fingerprint density at radius 1 is 0.844 bits per heavy atom. The number of anilines is 1. The number of aromatic amines is 1. The lowest BCUT2D eigenvalue weighted by atomic mass is 10.0. The van der Waals surface area contributed by atoms with E-state index >= 15 is 0 Å². The minimum atomic E-state index is -0.793. The topological polar surface area (TPSA) is 74.0 Å². The maximum absolute atomic E-state index is 13.2. The van der Waals surface area contributed by atoms with Gasteiger partial charge in [0.15, 0.2) is 0 Å². The first-order valence-electron chi connectivity index (χ1n) is 10.8. The van der Waals surface area contributed by atoms with Crippen molar-refractivity contribution in [1.29, 1.82) is 0 Å². The molecule has 4 aromatic rings. The van der Waals surface area contributed by atoms with Crippen molar-refractivity contribution in [2.45, 2.75) is 32.2 Å². The van der Waals surface area contributed by atoms with Crippen LogP contribution >= 0.6 is 0 Å². The molecule has 0 saturated heterocycles. The van der Waals surface area contributed by atoms with E-state index in [0.29, 0.717) is 11.6 Å². The molecule has 1 atom stereocenters. The SMILES string of the molecule is CC(C)c1ccc(NC(=O)C(NC(=O)Cc2c[nH]c3ccccc23)c2ccccc2)cc1. The van der Waals surface area contributed by atoms with Crippen LogP contribution in [0.2, 0.25) is 0 Å². The number of para-hydroxylation sites is 1. The number of hydrogen-bond donors (Lipinski definition) is 3. The van der Waals surface area contributed by atoms with Crippen LogP contribution in [0.3, 0.4) is 0 Å². The van der Waals surface area contributed by atoms with Crippen LogP contribution < -0.4 is 10.6 Å². The number of hydrogen-bond acceptors (Lipinski definition) is 2. The van der Waals surface area contributed by atoms with E-state index in [-0.39, 0.29) is 18.2 Å². The standard InChI is InChI=1S/C27H27N3O2/c1-18(2)19-12-14-22(15-13-19)29-27(32)26(20-8-4-3-5-9-20)30-25(31)16-21-17-28-24-11-7-6-10-23(21)24/h3-15,17-18,26,28H,16H2,1-2H3,(H,29,32)(H,30,31). The van der Waals surface area contributed by atoms with Gasteiger partial charge in [-0.1, -0.05) is 74.5 Å². The van der Waals surface area contributed by atoms with Crippen molar-refractivity contribution in [3.8, 4) is 0 Å². The number of amides is 2. The summed E-state index contributed by atoms with van der Waals surface area (Å²) in [5.41, 5.74) is 4.52. The average molecular weight is 426 g/mol. The van der Waals surface area contributed by atoms with Crippen molar-refractivity contribution >= 4 is 28.4 Å². The molecule has 1 heterocycles. The molecule has 0 aliphatic rings. The average Bonchev–Trinajstić information content (AvgIpc) is 3.21. The molecule has 0 saturated carbocycles. The summed E-state index contributed by atoms with van der Waals surface area (Å²) >= 11 is 0. The van der Waals surface area contributed by atoms with Crippen LogP contribution in [0, 0.1) is 0 Å². The Hall–Kier alpha value is -3.86. The van der Waals surface area contributed by atoms with Crippen LogP contribution in [0.5, 0.6) is 0 Å². The Labute approximate surface area is 187 Å². The van der Waals surface area contributed by atoms with Gasteiger partial charge in [-0.3, -0.25) is 9.59 Å². The molecule has 0 fully saturated rings. The summed E-state index contributed by atoms with van der Waals surface area (Å²) in [5.74, 6) is -0.0738. The first-order chi connectivity index (χ1) is 15.5. The lowest BCUT2D eigenvalue weighted by Gasteiger charge is -2.19. The van der Waals surface area contributed by atoms with E-state index in [1.807, 2.05) is 85.1 Å². The Bertz CT molecular complexity index is 1210. The number of carbonyl (C=O) groups is 2. The molecule has 0 bridgehead atoms. The number of carbonyl (C=O) groups excluding carboxylic acids is 2. The predicted octanol–water partition coefficient (Wildman–Crippen LogP) is 5.33. The maximum atomic E-state index is 13.2. The summed E-state index contributed by atoms with van der Waals surface area (Å²) in [4.78, 5) is 29.2. The molecule has 0 radical (unpaired) electrons. The van der Waals surface area contributed by atoms with E-state index in [9.17, 15) is 9.59 Å². The van der Waals surface area contributed by atoms with Crippen LogP contribution in [0.1, 0.15) is 42.5 Å². The summed E-state index contributed by atoms with van der Waals surface area (Å²) in [5, 5.41) is 6.87. The molecule has 5 nitrogen and oxygen atoms in total. The van der Waals surface area contributed by atoms with E-state index in [0.717, 1.165) is 22.0 Å². The largest absolute Gasteiger partial charge is 0.361 e. The fraction of sp³-hybridized carbons (Fsp3) is 0.185. The van der Waals surface area contributed by atoms with Crippen molar-refractivity contribution in [3.63, 3.8) is 0 Å². The molecule has 2 amide bonds. The van der Waals surface area contributed by atoms with Crippen LogP contribution in [0.4, 0.5) is 5.69 Å². The van der Waals surface area contributed by atoms with Crippen LogP contribution in [-0.4, -0.2) is 16.8 Å². The van der Waals surface area contributed by atoms with E-state index in [1.165, 1.54) is 5.56 Å². The monoisotopic (exact) mass is 425 g/mol. The van der Waals surface area contributed by atoms with E-state index in [1.54, 1.807) is 0 Å². The Morgan fingerprint density at radius 2 is 1.53 bits per heavy atom. The van der Waals surface area contributed by atoms with Crippen LogP contribution in [-0.2, 0) is 16.0 Å². The third-order valence-corrected chi connectivity index (χ3v) is 5.57. The Kier molecular flexibility index (Phi) is 6.36. The zero-order valence-corrected chi connectivity index (χ0v) is 18.3. The van der Waals surface area contributed by atoms with Crippen molar-refractivity contribution in [2.24, 2.45) is 0 Å². The molecule has 1 unspecified atom stereocenters. The summed E-state index contributed by atoms with van der Waals surface area (Å²) < 4.78 is 0. The summed E-state index contributed by atoms with van der Waals surface area (Å²) in [6.45, 7) is 4.25. The predicted molar refractivity (Wildman–Crippen MR) is 128 cm³/mol. The Morgan fingerprint density at radius 3 is 2.25 bits per heavy atom. The zero-order valence-electron chi connectivity index (χ0n) is 18.3. The molecule has 4 rings (SSSR count). The molecule has 5 heteroatoms. The van der Waals surface area contributed by atoms with Crippen molar-refractivity contribution in [1.82, 2.24) is 10.3 Å². The quantitative estimate of drug-likeness (QED) is 0.374. The second-order valence-electron chi connectivity index (χ2n) is 8.21. The summed E-state index contributed by atoms with van der Waals surface area (Å²) in [6.07, 6.45) is 2.03. The first kappa shape index (κ1) is 21.4. The van der Waals surface area contributed by atoms with Gasteiger partial charge in [-0.05, 0) is 40.8 Å². The second-order valence-corrected chi connectivity index (χ2v) is 8.21. The van der Waals surface area contributed by atoms with Gasteiger partial charge in [-0.25, -0.2) is 0 Å². The van der Waals surface area contributed by atoms with E-state index < -0.39 is 6.04 Å². The molecule has 1 aromatic heterocycles. The summed E-state index contributed by atoms with van der Waals surface area (Å²) in [7, 11) is 0. The molecule has 3 N–H and O–H groups in total. The molecule has 0 spiro atoms. The fourth-order valence-corrected chi connectivity index (χ4v) is 3.77. The molecule has 0 aliphatic carbocycles. The molecule has 0 aliphatic heterocycles. The first-order valence-corrected chi connectivity index (χ1v) is 10.8. The van der Waals surface area contributed by atoms with Gasteiger partial charge in [-0.15, -0.1) is 0 Å². The van der Waals surface area contributed by atoms with Gasteiger partial charge in [0, 0.05) is 22.8 Å². The highest BCUT2D eigenvalue weighted by molar-refractivity contribution is 5.98. The van der Waals surface area contributed by atoms with Gasteiger partial charge >= 0.3 is 0 Å². The van der Waals surface area contributed by atoms with Crippen LogP contribution in [0.15, 0.2) is 85.1 Å². The normalized spacial score (nSPS) is 12.0. The van der Waals surface area contributed by atoms with Gasteiger partial charge in [0.1, 0.15) is 6.04 Å². The third kappa shape index (κ3) is 4.89. The minimum Gasteiger partial charge on any atom is -0.361 e. The van der Waals surface area contributed by atoms with Gasteiger partial charge < -0.3 is 15.6 Å². The zero-order chi connectivity index (χ0) is 22.5. The number of rotatable bonds is 7. The third-order valence-electron chi connectivity index (χ3n) is 5.57. The minimum absolute atomic E-state index is 0.184. The lowest BCUT2D eigenvalue weighted by Crippen LogP contribution is -2.37.